The lowest BCUT2D eigenvalue weighted by molar-refractivity contribution is 0.160. The Bertz CT molecular complexity index is 349. The smallest absolute Gasteiger partial charge is 0.206 e. The monoisotopic (exact) mass is 241 g/mol. The molecule has 0 aliphatic rings. The number of hydrogen-bond donors (Lipinski definition) is 1. The van der Waals surface area contributed by atoms with Crippen LogP contribution >= 0.6 is 0 Å². The zero-order chi connectivity index (χ0) is 12.1. The van der Waals surface area contributed by atoms with Crippen LogP contribution in [0.1, 0.15) is 26.3 Å². The maximum absolute atomic E-state index is 11.7. The van der Waals surface area contributed by atoms with Crippen molar-refractivity contribution in [3.8, 4) is 0 Å². The lowest BCUT2D eigenvalue weighted by atomic mass is 10.1. The SMILES string of the molecule is Cc1ccc(S(=O)ONC(C)C(C)C)cc1. The van der Waals surface area contributed by atoms with E-state index in [4.69, 9.17) is 4.28 Å². The topological polar surface area (TPSA) is 38.3 Å². The molecule has 0 saturated carbocycles. The molecule has 0 bridgehead atoms. The number of benzene rings is 1. The maximum atomic E-state index is 11.7. The summed E-state index contributed by atoms with van der Waals surface area (Å²) in [5.74, 6) is 0.440. The lowest BCUT2D eigenvalue weighted by Crippen LogP contribution is -2.31. The Morgan fingerprint density at radius 3 is 2.25 bits per heavy atom. The molecule has 0 amide bonds. The first kappa shape index (κ1) is 13.4. The Labute approximate surface area is 99.8 Å². The van der Waals surface area contributed by atoms with E-state index in [1.165, 1.54) is 0 Å². The Morgan fingerprint density at radius 2 is 1.75 bits per heavy atom. The summed E-state index contributed by atoms with van der Waals surface area (Å²) in [6, 6.07) is 7.64. The number of aryl methyl sites for hydroxylation is 1. The minimum atomic E-state index is -1.44. The first-order valence-corrected chi connectivity index (χ1v) is 6.49. The molecule has 0 aliphatic heterocycles. The van der Waals surface area contributed by atoms with Crippen LogP contribution in [0.2, 0.25) is 0 Å². The van der Waals surface area contributed by atoms with Crippen molar-refractivity contribution in [1.29, 1.82) is 0 Å². The highest BCUT2D eigenvalue weighted by atomic mass is 32.2. The van der Waals surface area contributed by atoms with Crippen LogP contribution in [-0.2, 0) is 15.4 Å². The van der Waals surface area contributed by atoms with Gasteiger partial charge in [0.1, 0.15) is 0 Å². The molecule has 0 saturated heterocycles. The zero-order valence-corrected chi connectivity index (χ0v) is 11.0. The van der Waals surface area contributed by atoms with Crippen molar-refractivity contribution in [2.45, 2.75) is 38.6 Å². The van der Waals surface area contributed by atoms with Crippen molar-refractivity contribution in [3.63, 3.8) is 0 Å². The predicted molar refractivity (Wildman–Crippen MR) is 66.1 cm³/mol. The van der Waals surface area contributed by atoms with Gasteiger partial charge in [-0.1, -0.05) is 31.5 Å². The van der Waals surface area contributed by atoms with Gasteiger partial charge in [-0.3, -0.25) is 0 Å². The highest BCUT2D eigenvalue weighted by Gasteiger charge is 2.10. The summed E-state index contributed by atoms with van der Waals surface area (Å²) in [6.07, 6.45) is 0. The second-order valence-electron chi connectivity index (χ2n) is 4.28. The highest BCUT2D eigenvalue weighted by molar-refractivity contribution is 7.80. The molecule has 3 nitrogen and oxygen atoms in total. The minimum absolute atomic E-state index is 0.175. The summed E-state index contributed by atoms with van der Waals surface area (Å²) in [5.41, 5.74) is 3.94. The molecule has 1 aromatic carbocycles. The van der Waals surface area contributed by atoms with E-state index in [-0.39, 0.29) is 6.04 Å². The molecule has 16 heavy (non-hydrogen) atoms. The summed E-state index contributed by atoms with van der Waals surface area (Å²) in [7, 11) is 0. The van der Waals surface area contributed by atoms with Gasteiger partial charge in [-0.2, -0.15) is 9.76 Å². The third kappa shape index (κ3) is 4.04. The van der Waals surface area contributed by atoms with Crippen LogP contribution in [0.25, 0.3) is 0 Å². The zero-order valence-electron chi connectivity index (χ0n) is 10.2. The highest BCUT2D eigenvalue weighted by Crippen LogP contribution is 2.09. The summed E-state index contributed by atoms with van der Waals surface area (Å²) in [4.78, 5) is 0.675. The van der Waals surface area contributed by atoms with E-state index in [2.05, 4.69) is 19.3 Å². The molecule has 90 valence electrons. The van der Waals surface area contributed by atoms with Crippen molar-refractivity contribution < 1.29 is 8.49 Å². The van der Waals surface area contributed by atoms with E-state index in [9.17, 15) is 4.21 Å². The van der Waals surface area contributed by atoms with Crippen molar-refractivity contribution in [2.75, 3.05) is 0 Å². The fourth-order valence-corrected chi connectivity index (χ4v) is 1.65. The second-order valence-corrected chi connectivity index (χ2v) is 5.39. The number of nitrogens with one attached hydrogen (secondary N) is 1. The summed E-state index contributed by atoms with van der Waals surface area (Å²) in [5, 5.41) is 0. The van der Waals surface area contributed by atoms with E-state index < -0.39 is 11.1 Å². The Hall–Kier alpha value is -0.710. The van der Waals surface area contributed by atoms with Gasteiger partial charge in [0, 0.05) is 6.04 Å². The first-order chi connectivity index (χ1) is 7.50. The quantitative estimate of drug-likeness (QED) is 0.805. The van der Waals surface area contributed by atoms with Gasteiger partial charge < -0.3 is 0 Å². The molecule has 0 aromatic heterocycles. The van der Waals surface area contributed by atoms with Gasteiger partial charge in [-0.15, -0.1) is 0 Å². The Morgan fingerprint density at radius 1 is 1.19 bits per heavy atom. The fraction of sp³-hybridized carbons (Fsp3) is 0.500. The molecule has 0 spiro atoms. The molecular weight excluding hydrogens is 222 g/mol. The van der Waals surface area contributed by atoms with Crippen LogP contribution in [0.3, 0.4) is 0 Å². The lowest BCUT2D eigenvalue weighted by Gasteiger charge is -2.15. The standard InChI is InChI=1S/C12H19NO2S/c1-9(2)11(4)13-15-16(14)12-7-5-10(3)6-8-12/h5-9,11,13H,1-4H3. The van der Waals surface area contributed by atoms with Gasteiger partial charge in [0.2, 0.25) is 11.1 Å². The van der Waals surface area contributed by atoms with Gasteiger partial charge in [-0.25, -0.2) is 4.21 Å². The van der Waals surface area contributed by atoms with Crippen LogP contribution in [-0.4, -0.2) is 10.3 Å². The van der Waals surface area contributed by atoms with Crippen LogP contribution < -0.4 is 5.48 Å². The molecule has 0 aliphatic carbocycles. The molecule has 1 N–H and O–H groups in total. The Kier molecular flexibility index (Phi) is 5.12. The van der Waals surface area contributed by atoms with Gasteiger partial charge in [0.25, 0.3) is 0 Å². The minimum Gasteiger partial charge on any atom is -0.223 e. The molecule has 0 radical (unpaired) electrons. The first-order valence-electron chi connectivity index (χ1n) is 5.42. The molecular formula is C12H19NO2S. The van der Waals surface area contributed by atoms with E-state index in [1.54, 1.807) is 0 Å². The number of hydrogen-bond acceptors (Lipinski definition) is 3. The predicted octanol–water partition coefficient (Wildman–Crippen LogP) is 2.58. The number of hydroxylamine groups is 1. The van der Waals surface area contributed by atoms with Crippen LogP contribution in [0.15, 0.2) is 29.2 Å². The van der Waals surface area contributed by atoms with E-state index in [0.29, 0.717) is 10.8 Å². The average Bonchev–Trinajstić information content (AvgIpc) is 2.26. The number of rotatable bonds is 5. The van der Waals surface area contributed by atoms with Crippen molar-refractivity contribution in [2.24, 2.45) is 5.92 Å². The largest absolute Gasteiger partial charge is 0.223 e. The van der Waals surface area contributed by atoms with Crippen molar-refractivity contribution in [3.05, 3.63) is 29.8 Å². The second kappa shape index (κ2) is 6.13. The van der Waals surface area contributed by atoms with Gasteiger partial charge >= 0.3 is 0 Å². The van der Waals surface area contributed by atoms with Gasteiger partial charge in [0.15, 0.2) is 0 Å². The molecule has 0 fully saturated rings. The van der Waals surface area contributed by atoms with Crippen LogP contribution in [0, 0.1) is 12.8 Å². The van der Waals surface area contributed by atoms with Crippen molar-refractivity contribution >= 4 is 11.1 Å². The summed E-state index contributed by atoms with van der Waals surface area (Å²) in [6.45, 7) is 8.15. The average molecular weight is 241 g/mol. The van der Waals surface area contributed by atoms with Gasteiger partial charge in [0.05, 0.1) is 4.90 Å². The third-order valence-electron chi connectivity index (χ3n) is 2.52. The third-order valence-corrected chi connectivity index (χ3v) is 3.43. The fourth-order valence-electron chi connectivity index (χ4n) is 0.953. The van der Waals surface area contributed by atoms with E-state index in [0.717, 1.165) is 5.56 Å². The maximum Gasteiger partial charge on any atom is 0.206 e. The summed E-state index contributed by atoms with van der Waals surface area (Å²) < 4.78 is 16.8. The molecule has 2 unspecified atom stereocenters. The van der Waals surface area contributed by atoms with Gasteiger partial charge in [-0.05, 0) is 31.9 Å². The molecule has 1 rings (SSSR count). The van der Waals surface area contributed by atoms with Crippen molar-refractivity contribution in [1.82, 2.24) is 5.48 Å². The van der Waals surface area contributed by atoms with E-state index >= 15 is 0 Å². The van der Waals surface area contributed by atoms with Crippen LogP contribution in [0.4, 0.5) is 0 Å². The Balaban J connectivity index is 2.50. The van der Waals surface area contributed by atoms with Crippen LogP contribution in [0.5, 0.6) is 0 Å². The molecule has 4 heteroatoms. The molecule has 2 atom stereocenters. The van der Waals surface area contributed by atoms with E-state index in [1.807, 2.05) is 38.1 Å². The molecule has 1 aromatic rings. The molecule has 0 heterocycles. The summed E-state index contributed by atoms with van der Waals surface area (Å²) >= 11 is -1.44. The normalized spacial score (nSPS) is 15.1.